The van der Waals surface area contributed by atoms with Gasteiger partial charge in [-0.15, -0.1) is 0 Å². The quantitative estimate of drug-likeness (QED) is 0.732. The highest BCUT2D eigenvalue weighted by Gasteiger charge is 2.39. The predicted molar refractivity (Wildman–Crippen MR) is 68.7 cm³/mol. The van der Waals surface area contributed by atoms with Crippen LogP contribution in [0.3, 0.4) is 0 Å². The summed E-state index contributed by atoms with van der Waals surface area (Å²) in [4.78, 5) is 26.2. The van der Waals surface area contributed by atoms with Gasteiger partial charge in [-0.3, -0.25) is 9.59 Å². The van der Waals surface area contributed by atoms with Gasteiger partial charge in [0.15, 0.2) is 0 Å². The summed E-state index contributed by atoms with van der Waals surface area (Å²) in [6, 6.07) is -0.168. The molecule has 2 rings (SSSR count). The van der Waals surface area contributed by atoms with E-state index in [0.717, 1.165) is 19.3 Å². The molecule has 102 valence electrons. The highest BCUT2D eigenvalue weighted by molar-refractivity contribution is 5.90. The fourth-order valence-corrected chi connectivity index (χ4v) is 3.07. The summed E-state index contributed by atoms with van der Waals surface area (Å²) in [6.45, 7) is 5.15. The fourth-order valence-electron chi connectivity index (χ4n) is 3.07. The molecule has 3 N–H and O–H groups in total. The number of nitrogens with zero attached hydrogens (tertiary/aromatic N) is 1. The fraction of sp³-hybridized carbons (Fsp3) is 0.846. The third kappa shape index (κ3) is 2.51. The van der Waals surface area contributed by atoms with Crippen molar-refractivity contribution < 1.29 is 9.59 Å². The second kappa shape index (κ2) is 5.26. The van der Waals surface area contributed by atoms with Gasteiger partial charge in [-0.25, -0.2) is 0 Å². The lowest BCUT2D eigenvalue weighted by atomic mass is 9.96. The normalized spacial score (nSPS) is 32.8. The molecule has 5 heteroatoms. The zero-order valence-corrected chi connectivity index (χ0v) is 11.2. The lowest BCUT2D eigenvalue weighted by Gasteiger charge is -2.38. The standard InChI is InChI=1S/C13H23N3O2/c1-8(2)11-12(17)15-5-6-16(11)13(18)9-3-4-10(14)7-9/h8-11H,3-7,14H2,1-2H3,(H,15,17). The molecule has 18 heavy (non-hydrogen) atoms. The van der Waals surface area contributed by atoms with Gasteiger partial charge in [-0.2, -0.15) is 0 Å². The number of piperazine rings is 1. The summed E-state index contributed by atoms with van der Waals surface area (Å²) in [5.74, 6) is 0.264. The van der Waals surface area contributed by atoms with Gasteiger partial charge in [0.2, 0.25) is 11.8 Å². The number of hydrogen-bond acceptors (Lipinski definition) is 3. The van der Waals surface area contributed by atoms with Crippen LogP contribution in [0.15, 0.2) is 0 Å². The summed E-state index contributed by atoms with van der Waals surface area (Å²) < 4.78 is 0. The lowest BCUT2D eigenvalue weighted by Crippen LogP contribution is -2.60. The van der Waals surface area contributed by atoms with Crippen molar-refractivity contribution in [2.75, 3.05) is 13.1 Å². The van der Waals surface area contributed by atoms with Crippen LogP contribution in [0.5, 0.6) is 0 Å². The molecule has 5 nitrogen and oxygen atoms in total. The Morgan fingerprint density at radius 1 is 1.44 bits per heavy atom. The van der Waals surface area contributed by atoms with E-state index in [1.54, 1.807) is 4.90 Å². The average molecular weight is 253 g/mol. The minimum atomic E-state index is -0.317. The number of rotatable bonds is 2. The Labute approximate surface area is 108 Å². The Kier molecular flexibility index (Phi) is 3.90. The molecule has 1 heterocycles. The van der Waals surface area contributed by atoms with E-state index in [9.17, 15) is 9.59 Å². The minimum Gasteiger partial charge on any atom is -0.353 e. The molecule has 0 aromatic carbocycles. The van der Waals surface area contributed by atoms with Gasteiger partial charge >= 0.3 is 0 Å². The molecule has 2 aliphatic rings. The van der Waals surface area contributed by atoms with Crippen molar-refractivity contribution in [3.05, 3.63) is 0 Å². The van der Waals surface area contributed by atoms with Gasteiger partial charge in [-0.05, 0) is 25.2 Å². The SMILES string of the molecule is CC(C)C1C(=O)NCCN1C(=O)C1CCC(N)C1. The molecule has 0 aromatic rings. The maximum atomic E-state index is 12.5. The molecule has 1 aliphatic heterocycles. The number of carbonyl (C=O) groups excluding carboxylic acids is 2. The topological polar surface area (TPSA) is 75.4 Å². The van der Waals surface area contributed by atoms with Crippen molar-refractivity contribution in [3.63, 3.8) is 0 Å². The molecule has 3 atom stereocenters. The Bertz CT molecular complexity index is 343. The molecule has 3 unspecified atom stereocenters. The number of carbonyl (C=O) groups is 2. The maximum absolute atomic E-state index is 12.5. The second-order valence-corrected chi connectivity index (χ2v) is 5.78. The summed E-state index contributed by atoms with van der Waals surface area (Å²) in [6.07, 6.45) is 2.55. The number of nitrogens with one attached hydrogen (secondary N) is 1. The van der Waals surface area contributed by atoms with Crippen LogP contribution < -0.4 is 11.1 Å². The highest BCUT2D eigenvalue weighted by Crippen LogP contribution is 2.28. The lowest BCUT2D eigenvalue weighted by molar-refractivity contribution is -0.147. The Hall–Kier alpha value is -1.10. The van der Waals surface area contributed by atoms with Gasteiger partial charge in [0.05, 0.1) is 0 Å². The molecule has 0 bridgehead atoms. The van der Waals surface area contributed by atoms with Crippen molar-refractivity contribution in [1.82, 2.24) is 10.2 Å². The molecular weight excluding hydrogens is 230 g/mol. The van der Waals surface area contributed by atoms with Crippen LogP contribution in [0.2, 0.25) is 0 Å². The van der Waals surface area contributed by atoms with Crippen molar-refractivity contribution in [3.8, 4) is 0 Å². The molecule has 1 saturated heterocycles. The average Bonchev–Trinajstić information content (AvgIpc) is 2.74. The molecule has 1 aliphatic carbocycles. The first-order chi connectivity index (χ1) is 8.50. The Balaban J connectivity index is 2.09. The molecule has 0 aromatic heterocycles. The van der Waals surface area contributed by atoms with Crippen LogP contribution in [0.4, 0.5) is 0 Å². The van der Waals surface area contributed by atoms with Crippen molar-refractivity contribution in [2.45, 2.75) is 45.2 Å². The van der Waals surface area contributed by atoms with Gasteiger partial charge in [-0.1, -0.05) is 13.8 Å². The molecule has 0 spiro atoms. The predicted octanol–water partition coefficient (Wildman–Crippen LogP) is 0.0968. The summed E-state index contributed by atoms with van der Waals surface area (Å²) >= 11 is 0. The smallest absolute Gasteiger partial charge is 0.243 e. The first-order valence-electron chi connectivity index (χ1n) is 6.84. The minimum absolute atomic E-state index is 0.0205. The van der Waals surface area contributed by atoms with Crippen molar-refractivity contribution >= 4 is 11.8 Å². The number of amides is 2. The molecule has 2 amide bonds. The first-order valence-corrected chi connectivity index (χ1v) is 6.84. The summed E-state index contributed by atoms with van der Waals surface area (Å²) in [5, 5.41) is 2.84. The highest BCUT2D eigenvalue weighted by atomic mass is 16.2. The third-order valence-corrected chi connectivity index (χ3v) is 3.99. The molecular formula is C13H23N3O2. The monoisotopic (exact) mass is 253 g/mol. The van der Waals surface area contributed by atoms with E-state index < -0.39 is 0 Å². The van der Waals surface area contributed by atoms with Crippen molar-refractivity contribution in [1.29, 1.82) is 0 Å². The molecule has 1 saturated carbocycles. The van der Waals surface area contributed by atoms with Crippen LogP contribution in [0, 0.1) is 11.8 Å². The van der Waals surface area contributed by atoms with E-state index in [-0.39, 0.29) is 35.7 Å². The Morgan fingerprint density at radius 2 is 2.17 bits per heavy atom. The van der Waals surface area contributed by atoms with Crippen LogP contribution in [-0.4, -0.2) is 41.9 Å². The maximum Gasteiger partial charge on any atom is 0.243 e. The van der Waals surface area contributed by atoms with Gasteiger partial charge in [0.25, 0.3) is 0 Å². The zero-order chi connectivity index (χ0) is 13.3. The van der Waals surface area contributed by atoms with Gasteiger partial charge in [0, 0.05) is 25.0 Å². The largest absolute Gasteiger partial charge is 0.353 e. The van der Waals surface area contributed by atoms with Crippen LogP contribution in [0.25, 0.3) is 0 Å². The van der Waals surface area contributed by atoms with E-state index in [0.29, 0.717) is 13.1 Å². The summed E-state index contributed by atoms with van der Waals surface area (Å²) in [5.41, 5.74) is 5.86. The molecule has 0 radical (unpaired) electrons. The van der Waals surface area contributed by atoms with E-state index in [2.05, 4.69) is 5.32 Å². The molecule has 2 fully saturated rings. The van der Waals surface area contributed by atoms with Crippen molar-refractivity contribution in [2.24, 2.45) is 17.6 Å². The van der Waals surface area contributed by atoms with E-state index in [1.807, 2.05) is 13.8 Å². The third-order valence-electron chi connectivity index (χ3n) is 3.99. The Morgan fingerprint density at radius 3 is 2.72 bits per heavy atom. The van der Waals surface area contributed by atoms with Gasteiger partial charge in [0.1, 0.15) is 6.04 Å². The summed E-state index contributed by atoms with van der Waals surface area (Å²) in [7, 11) is 0. The van der Waals surface area contributed by atoms with Crippen LogP contribution in [0.1, 0.15) is 33.1 Å². The second-order valence-electron chi connectivity index (χ2n) is 5.78. The van der Waals surface area contributed by atoms with Crippen LogP contribution >= 0.6 is 0 Å². The van der Waals surface area contributed by atoms with E-state index in [4.69, 9.17) is 5.73 Å². The van der Waals surface area contributed by atoms with E-state index in [1.165, 1.54) is 0 Å². The first kappa shape index (κ1) is 13.3. The number of nitrogens with two attached hydrogens (primary N) is 1. The van der Waals surface area contributed by atoms with Crippen LogP contribution in [-0.2, 0) is 9.59 Å². The number of hydrogen-bond donors (Lipinski definition) is 2. The zero-order valence-electron chi connectivity index (χ0n) is 11.2. The van der Waals surface area contributed by atoms with E-state index >= 15 is 0 Å². The van der Waals surface area contributed by atoms with Gasteiger partial charge < -0.3 is 16.0 Å².